The largest absolute Gasteiger partial charge is 0.314 e. The lowest BCUT2D eigenvalue weighted by Gasteiger charge is -2.32. The molecule has 0 amide bonds. The third-order valence-corrected chi connectivity index (χ3v) is 5.30. The topological polar surface area (TPSA) is 66.5 Å². The van der Waals surface area contributed by atoms with Gasteiger partial charge in [-0.3, -0.25) is 4.79 Å². The monoisotopic (exact) mass is 282 g/mol. The summed E-state index contributed by atoms with van der Waals surface area (Å²) in [6, 6.07) is 6.14. The fourth-order valence-corrected chi connectivity index (χ4v) is 3.87. The average Bonchev–Trinajstić information content (AvgIpc) is 2.39. The van der Waals surface area contributed by atoms with E-state index in [9.17, 15) is 13.2 Å². The van der Waals surface area contributed by atoms with E-state index in [-0.39, 0.29) is 16.7 Å². The summed E-state index contributed by atoms with van der Waals surface area (Å²) in [6.07, 6.45) is 0. The highest BCUT2D eigenvalue weighted by atomic mass is 32.2. The van der Waals surface area contributed by atoms with Gasteiger partial charge < -0.3 is 5.32 Å². The molecular formula is C13H18N2O3S. The maximum absolute atomic E-state index is 12.6. The molecular weight excluding hydrogens is 264 g/mol. The van der Waals surface area contributed by atoms with Crippen molar-refractivity contribution in [3.8, 4) is 0 Å². The number of hydrogen-bond donors (Lipinski definition) is 1. The van der Waals surface area contributed by atoms with Crippen molar-refractivity contribution in [3.05, 3.63) is 29.8 Å². The molecule has 1 saturated heterocycles. The molecule has 1 atom stereocenters. The van der Waals surface area contributed by atoms with Crippen molar-refractivity contribution in [2.24, 2.45) is 0 Å². The number of nitrogens with one attached hydrogen (secondary N) is 1. The van der Waals surface area contributed by atoms with Crippen LogP contribution in [-0.4, -0.2) is 44.2 Å². The number of ketones is 1. The van der Waals surface area contributed by atoms with Gasteiger partial charge in [-0.2, -0.15) is 4.31 Å². The molecule has 1 fully saturated rings. The third kappa shape index (κ3) is 2.86. The van der Waals surface area contributed by atoms with Gasteiger partial charge in [0.15, 0.2) is 5.78 Å². The second-order valence-corrected chi connectivity index (χ2v) is 6.64. The Morgan fingerprint density at radius 1 is 1.42 bits per heavy atom. The molecule has 2 rings (SSSR count). The quantitative estimate of drug-likeness (QED) is 0.836. The van der Waals surface area contributed by atoms with Crippen molar-refractivity contribution in [2.75, 3.05) is 19.6 Å². The summed E-state index contributed by atoms with van der Waals surface area (Å²) in [5.41, 5.74) is 0.420. The van der Waals surface area contributed by atoms with Crippen molar-refractivity contribution in [1.82, 2.24) is 9.62 Å². The smallest absolute Gasteiger partial charge is 0.243 e. The van der Waals surface area contributed by atoms with Crippen LogP contribution in [0.2, 0.25) is 0 Å². The van der Waals surface area contributed by atoms with Crippen molar-refractivity contribution in [2.45, 2.75) is 24.8 Å². The fourth-order valence-electron chi connectivity index (χ4n) is 2.19. The van der Waals surface area contributed by atoms with Crippen LogP contribution in [0.4, 0.5) is 0 Å². The number of Topliss-reactive ketones (excluding diaryl/α,β-unsaturated/α-hetero) is 1. The van der Waals surface area contributed by atoms with Crippen molar-refractivity contribution in [1.29, 1.82) is 0 Å². The molecule has 0 aliphatic carbocycles. The van der Waals surface area contributed by atoms with Crippen LogP contribution in [0.3, 0.4) is 0 Å². The van der Waals surface area contributed by atoms with Crippen LogP contribution in [-0.2, 0) is 10.0 Å². The number of rotatable bonds is 3. The predicted octanol–water partition coefficient (Wildman–Crippen LogP) is 0.872. The summed E-state index contributed by atoms with van der Waals surface area (Å²) in [5.74, 6) is -0.134. The van der Waals surface area contributed by atoms with E-state index in [0.29, 0.717) is 25.2 Å². The Morgan fingerprint density at radius 3 is 2.79 bits per heavy atom. The summed E-state index contributed by atoms with van der Waals surface area (Å²) in [6.45, 7) is 5.05. The van der Waals surface area contributed by atoms with Gasteiger partial charge in [0.25, 0.3) is 0 Å². The number of sulfonamides is 1. The van der Waals surface area contributed by atoms with Crippen LogP contribution < -0.4 is 5.32 Å². The Morgan fingerprint density at radius 2 is 2.16 bits per heavy atom. The molecule has 1 aliphatic heterocycles. The lowest BCUT2D eigenvalue weighted by molar-refractivity contribution is 0.101. The Balaban J connectivity index is 2.38. The number of benzene rings is 1. The zero-order chi connectivity index (χ0) is 14.0. The van der Waals surface area contributed by atoms with Gasteiger partial charge in [-0.1, -0.05) is 12.1 Å². The third-order valence-electron chi connectivity index (χ3n) is 3.29. The molecule has 1 aliphatic rings. The van der Waals surface area contributed by atoms with E-state index in [1.54, 1.807) is 12.1 Å². The Hall–Kier alpha value is -1.24. The highest BCUT2D eigenvalue weighted by Crippen LogP contribution is 2.20. The van der Waals surface area contributed by atoms with E-state index in [1.165, 1.54) is 23.4 Å². The van der Waals surface area contributed by atoms with Crippen LogP contribution in [0.15, 0.2) is 29.2 Å². The van der Waals surface area contributed by atoms with Crippen LogP contribution in [0, 0.1) is 0 Å². The molecule has 1 aromatic carbocycles. The van der Waals surface area contributed by atoms with Gasteiger partial charge >= 0.3 is 0 Å². The van der Waals surface area contributed by atoms with Crippen LogP contribution in [0.5, 0.6) is 0 Å². The number of carbonyl (C=O) groups excluding carboxylic acids is 1. The molecule has 0 saturated carbocycles. The second-order valence-electron chi connectivity index (χ2n) is 4.75. The SMILES string of the molecule is CC(=O)c1cccc(S(=O)(=O)N2CCNC[C@@H]2C)c1. The minimum atomic E-state index is -3.53. The van der Waals surface area contributed by atoms with E-state index in [1.807, 2.05) is 6.92 Å². The van der Waals surface area contributed by atoms with Crippen LogP contribution >= 0.6 is 0 Å². The van der Waals surface area contributed by atoms with Crippen molar-refractivity contribution in [3.63, 3.8) is 0 Å². The Kier molecular flexibility index (Phi) is 4.03. The zero-order valence-corrected chi connectivity index (χ0v) is 11.9. The number of piperazine rings is 1. The molecule has 1 aromatic rings. The van der Waals surface area contributed by atoms with Gasteiger partial charge in [0.1, 0.15) is 0 Å². The zero-order valence-electron chi connectivity index (χ0n) is 11.1. The maximum atomic E-state index is 12.6. The Bertz CT molecular complexity index is 583. The predicted molar refractivity (Wildman–Crippen MR) is 72.7 cm³/mol. The van der Waals surface area contributed by atoms with E-state index >= 15 is 0 Å². The van der Waals surface area contributed by atoms with E-state index < -0.39 is 10.0 Å². The molecule has 0 spiro atoms. The van der Waals surface area contributed by atoms with Gasteiger partial charge in [0.2, 0.25) is 10.0 Å². The van der Waals surface area contributed by atoms with Gasteiger partial charge in [-0.05, 0) is 26.0 Å². The molecule has 0 unspecified atom stereocenters. The summed E-state index contributed by atoms with van der Waals surface area (Å²) >= 11 is 0. The lowest BCUT2D eigenvalue weighted by Crippen LogP contribution is -2.52. The maximum Gasteiger partial charge on any atom is 0.243 e. The first-order valence-corrected chi connectivity index (χ1v) is 7.70. The number of nitrogens with zero attached hydrogens (tertiary/aromatic N) is 1. The van der Waals surface area contributed by atoms with Crippen LogP contribution in [0.1, 0.15) is 24.2 Å². The summed E-state index contributed by atoms with van der Waals surface area (Å²) < 4.78 is 26.6. The first-order chi connectivity index (χ1) is 8.93. The molecule has 5 nitrogen and oxygen atoms in total. The number of carbonyl (C=O) groups is 1. The molecule has 0 aromatic heterocycles. The molecule has 0 bridgehead atoms. The lowest BCUT2D eigenvalue weighted by atomic mass is 10.2. The van der Waals surface area contributed by atoms with Gasteiger partial charge in [-0.25, -0.2) is 8.42 Å². The van der Waals surface area contributed by atoms with E-state index in [2.05, 4.69) is 5.32 Å². The summed E-state index contributed by atoms with van der Waals surface area (Å²) in [4.78, 5) is 11.5. The van der Waals surface area contributed by atoms with Gasteiger partial charge in [0.05, 0.1) is 4.90 Å². The second kappa shape index (κ2) is 5.40. The van der Waals surface area contributed by atoms with Crippen LogP contribution in [0.25, 0.3) is 0 Å². The van der Waals surface area contributed by atoms with E-state index in [0.717, 1.165) is 0 Å². The standard InChI is InChI=1S/C13H18N2O3S/c1-10-9-14-6-7-15(10)19(17,18)13-5-3-4-12(8-13)11(2)16/h3-5,8,10,14H,6-7,9H2,1-2H3/t10-/m0/s1. The molecule has 1 N–H and O–H groups in total. The van der Waals surface area contributed by atoms with Gasteiger partial charge in [-0.15, -0.1) is 0 Å². The molecule has 19 heavy (non-hydrogen) atoms. The minimum Gasteiger partial charge on any atom is -0.314 e. The first kappa shape index (κ1) is 14.2. The molecule has 0 radical (unpaired) electrons. The summed E-state index contributed by atoms with van der Waals surface area (Å²) in [5, 5.41) is 3.16. The highest BCUT2D eigenvalue weighted by Gasteiger charge is 2.30. The first-order valence-electron chi connectivity index (χ1n) is 6.26. The summed E-state index contributed by atoms with van der Waals surface area (Å²) in [7, 11) is -3.53. The fraction of sp³-hybridized carbons (Fsp3) is 0.462. The van der Waals surface area contributed by atoms with Gasteiger partial charge in [0, 0.05) is 31.2 Å². The van der Waals surface area contributed by atoms with E-state index in [4.69, 9.17) is 0 Å². The van der Waals surface area contributed by atoms with Crippen molar-refractivity contribution >= 4 is 15.8 Å². The molecule has 1 heterocycles. The normalized spacial score (nSPS) is 21.3. The Labute approximate surface area is 113 Å². The molecule has 6 heteroatoms. The van der Waals surface area contributed by atoms with Crippen molar-refractivity contribution < 1.29 is 13.2 Å². The number of hydrogen-bond acceptors (Lipinski definition) is 4. The molecule has 104 valence electrons. The highest BCUT2D eigenvalue weighted by molar-refractivity contribution is 7.89. The average molecular weight is 282 g/mol. The minimum absolute atomic E-state index is 0.0836.